The van der Waals surface area contributed by atoms with Crippen LogP contribution in [0.4, 0.5) is 0 Å². The normalized spacial score (nSPS) is 21.8. The lowest BCUT2D eigenvalue weighted by molar-refractivity contribution is -0.126. The number of nitrogens with two attached hydrogens (primary N) is 1. The van der Waals surface area contributed by atoms with E-state index < -0.39 is 0 Å². The number of carbonyl (C=O) groups excluding carboxylic acids is 1. The zero-order valence-corrected chi connectivity index (χ0v) is 10.4. The fourth-order valence-corrected chi connectivity index (χ4v) is 1.74. The molecular weight excluding hydrogens is 228 g/mol. The van der Waals surface area contributed by atoms with Crippen LogP contribution in [-0.2, 0) is 9.53 Å². The third kappa shape index (κ3) is 4.28. The molecule has 0 atom stereocenters. The van der Waals surface area contributed by atoms with Crippen molar-refractivity contribution in [2.24, 2.45) is 11.7 Å². The molecule has 0 aromatic rings. The maximum absolute atomic E-state index is 11.3. The smallest absolute Gasteiger partial charge is 0.246 e. The number of carbonyl (C=O) groups is 1. The Labute approximate surface area is 103 Å². The van der Waals surface area contributed by atoms with Gasteiger partial charge < -0.3 is 15.8 Å². The highest BCUT2D eigenvalue weighted by atomic mass is 35.5. The van der Waals surface area contributed by atoms with E-state index in [9.17, 15) is 4.79 Å². The van der Waals surface area contributed by atoms with Crippen LogP contribution in [-0.4, -0.2) is 31.2 Å². The minimum absolute atomic E-state index is 0. The Morgan fingerprint density at radius 2 is 2.12 bits per heavy atom. The van der Waals surface area contributed by atoms with E-state index >= 15 is 0 Å². The minimum atomic E-state index is -0.133. The lowest BCUT2D eigenvalue weighted by Crippen LogP contribution is -2.55. The van der Waals surface area contributed by atoms with Crippen molar-refractivity contribution in [3.8, 4) is 0 Å². The predicted molar refractivity (Wildman–Crippen MR) is 64.6 cm³/mol. The summed E-state index contributed by atoms with van der Waals surface area (Å²) in [4.78, 5) is 11.3. The summed E-state index contributed by atoms with van der Waals surface area (Å²) in [6, 6.07) is 0. The highest BCUT2D eigenvalue weighted by Crippen LogP contribution is 2.29. The second-order valence-corrected chi connectivity index (χ2v) is 4.95. The summed E-state index contributed by atoms with van der Waals surface area (Å²) in [5.74, 6) is 0.678. The maximum atomic E-state index is 11.3. The van der Waals surface area contributed by atoms with Crippen molar-refractivity contribution < 1.29 is 9.53 Å². The van der Waals surface area contributed by atoms with Gasteiger partial charge in [0.2, 0.25) is 5.91 Å². The Balaban J connectivity index is 0.00000128. The molecule has 0 unspecified atom stereocenters. The molecule has 0 aromatic carbocycles. The van der Waals surface area contributed by atoms with Crippen LogP contribution in [0.1, 0.15) is 32.1 Å². The zero-order chi connectivity index (χ0) is 10.7. The predicted octanol–water partition coefficient (Wildman–Crippen LogP) is 0.832. The van der Waals surface area contributed by atoms with Crippen molar-refractivity contribution in [1.82, 2.24) is 5.32 Å². The summed E-state index contributed by atoms with van der Waals surface area (Å²) in [5, 5.41) is 2.83. The number of hydrogen-bond donors (Lipinski definition) is 2. The first-order valence-corrected chi connectivity index (χ1v) is 5.81. The largest absolute Gasteiger partial charge is 0.371 e. The van der Waals surface area contributed by atoms with Crippen molar-refractivity contribution in [2.45, 2.75) is 37.6 Å². The van der Waals surface area contributed by atoms with Crippen molar-refractivity contribution in [1.29, 1.82) is 0 Å². The molecule has 4 nitrogen and oxygen atoms in total. The molecule has 0 spiro atoms. The van der Waals surface area contributed by atoms with Crippen molar-refractivity contribution in [2.75, 3.05) is 19.8 Å². The van der Waals surface area contributed by atoms with E-state index in [1.807, 2.05) is 0 Å². The molecule has 94 valence electrons. The zero-order valence-electron chi connectivity index (χ0n) is 9.54. The lowest BCUT2D eigenvalue weighted by Gasteiger charge is -2.38. The SMILES string of the molecule is Cl.NC1(CNC(=O)COCC2CC2)CCC1. The molecule has 0 aliphatic heterocycles. The summed E-state index contributed by atoms with van der Waals surface area (Å²) >= 11 is 0. The van der Waals surface area contributed by atoms with Crippen LogP contribution in [0.25, 0.3) is 0 Å². The van der Waals surface area contributed by atoms with Crippen LogP contribution in [0, 0.1) is 5.92 Å². The van der Waals surface area contributed by atoms with Gasteiger partial charge in [0.25, 0.3) is 0 Å². The first kappa shape index (κ1) is 13.7. The van der Waals surface area contributed by atoms with Gasteiger partial charge in [-0.05, 0) is 38.0 Å². The number of ether oxygens (including phenoxy) is 1. The quantitative estimate of drug-likeness (QED) is 0.732. The third-order valence-electron chi connectivity index (χ3n) is 3.27. The Bertz CT molecular complexity index is 240. The number of amides is 1. The fraction of sp³-hybridized carbons (Fsp3) is 0.909. The summed E-state index contributed by atoms with van der Waals surface area (Å²) in [6.45, 7) is 1.52. The average Bonchev–Trinajstić information content (AvgIpc) is 2.95. The molecule has 3 N–H and O–H groups in total. The van der Waals surface area contributed by atoms with Gasteiger partial charge in [-0.3, -0.25) is 4.79 Å². The summed E-state index contributed by atoms with van der Waals surface area (Å²) in [6.07, 6.45) is 5.75. The molecule has 5 heteroatoms. The van der Waals surface area contributed by atoms with E-state index in [2.05, 4.69) is 5.32 Å². The van der Waals surface area contributed by atoms with Crippen LogP contribution >= 0.6 is 12.4 Å². The van der Waals surface area contributed by atoms with Crippen LogP contribution in [0.2, 0.25) is 0 Å². The topological polar surface area (TPSA) is 64.3 Å². The van der Waals surface area contributed by atoms with Gasteiger partial charge in [0, 0.05) is 12.1 Å². The highest BCUT2D eigenvalue weighted by molar-refractivity contribution is 5.85. The molecule has 0 heterocycles. The Kier molecular flexibility index (Phi) is 5.02. The van der Waals surface area contributed by atoms with E-state index in [0.29, 0.717) is 12.5 Å². The van der Waals surface area contributed by atoms with Crippen LogP contribution < -0.4 is 11.1 Å². The second kappa shape index (κ2) is 5.84. The second-order valence-electron chi connectivity index (χ2n) is 4.95. The van der Waals surface area contributed by atoms with E-state index in [-0.39, 0.29) is 30.5 Å². The van der Waals surface area contributed by atoms with Gasteiger partial charge in [-0.1, -0.05) is 0 Å². The number of nitrogens with one attached hydrogen (secondary N) is 1. The molecule has 16 heavy (non-hydrogen) atoms. The van der Waals surface area contributed by atoms with E-state index in [1.165, 1.54) is 19.3 Å². The Morgan fingerprint density at radius 3 is 2.62 bits per heavy atom. The average molecular weight is 249 g/mol. The molecule has 2 aliphatic rings. The molecule has 2 rings (SSSR count). The number of rotatable bonds is 6. The molecule has 0 bridgehead atoms. The van der Waals surface area contributed by atoms with Gasteiger partial charge in [-0.25, -0.2) is 0 Å². The fourth-order valence-electron chi connectivity index (χ4n) is 1.74. The number of halogens is 1. The van der Waals surface area contributed by atoms with Gasteiger partial charge >= 0.3 is 0 Å². The molecule has 2 saturated carbocycles. The summed E-state index contributed by atoms with van der Waals surface area (Å²) < 4.78 is 5.28. The molecule has 1 amide bonds. The van der Waals surface area contributed by atoms with Gasteiger partial charge in [-0.2, -0.15) is 0 Å². The lowest BCUT2D eigenvalue weighted by atomic mass is 9.78. The third-order valence-corrected chi connectivity index (χ3v) is 3.27. The first-order chi connectivity index (χ1) is 7.18. The van der Waals surface area contributed by atoms with Gasteiger partial charge in [0.1, 0.15) is 6.61 Å². The van der Waals surface area contributed by atoms with E-state index in [1.54, 1.807) is 0 Å². The molecule has 2 aliphatic carbocycles. The highest BCUT2D eigenvalue weighted by Gasteiger charge is 2.32. The molecule has 0 radical (unpaired) electrons. The van der Waals surface area contributed by atoms with E-state index in [0.717, 1.165) is 19.4 Å². The Morgan fingerprint density at radius 1 is 1.44 bits per heavy atom. The van der Waals surface area contributed by atoms with Gasteiger partial charge in [0.05, 0.1) is 6.61 Å². The minimum Gasteiger partial charge on any atom is -0.371 e. The summed E-state index contributed by atoms with van der Waals surface area (Å²) in [5.41, 5.74) is 5.85. The molecule has 2 fully saturated rings. The van der Waals surface area contributed by atoms with Crippen LogP contribution in [0.15, 0.2) is 0 Å². The number of hydrogen-bond acceptors (Lipinski definition) is 3. The molecular formula is C11H21ClN2O2. The summed E-state index contributed by atoms with van der Waals surface area (Å²) in [7, 11) is 0. The van der Waals surface area contributed by atoms with Gasteiger partial charge in [-0.15, -0.1) is 12.4 Å². The van der Waals surface area contributed by atoms with Crippen molar-refractivity contribution in [3.63, 3.8) is 0 Å². The molecule has 0 aromatic heterocycles. The Hall–Kier alpha value is -0.320. The van der Waals surface area contributed by atoms with Crippen LogP contribution in [0.3, 0.4) is 0 Å². The van der Waals surface area contributed by atoms with Crippen molar-refractivity contribution >= 4 is 18.3 Å². The van der Waals surface area contributed by atoms with Crippen LogP contribution in [0.5, 0.6) is 0 Å². The monoisotopic (exact) mass is 248 g/mol. The van der Waals surface area contributed by atoms with Gasteiger partial charge in [0.15, 0.2) is 0 Å². The van der Waals surface area contributed by atoms with Crippen molar-refractivity contribution in [3.05, 3.63) is 0 Å². The molecule has 0 saturated heterocycles. The van der Waals surface area contributed by atoms with E-state index in [4.69, 9.17) is 10.5 Å². The standard InChI is InChI=1S/C11H20N2O2.ClH/c12-11(4-1-5-11)8-13-10(14)7-15-6-9-2-3-9;/h9H,1-8,12H2,(H,13,14);1H. The first-order valence-electron chi connectivity index (χ1n) is 5.81. The maximum Gasteiger partial charge on any atom is 0.246 e.